The Kier molecular flexibility index (Phi) is 2.62. The van der Waals surface area contributed by atoms with Crippen molar-refractivity contribution < 1.29 is 9.90 Å². The van der Waals surface area contributed by atoms with Gasteiger partial charge in [-0.2, -0.15) is 0 Å². The van der Waals surface area contributed by atoms with E-state index >= 15 is 0 Å². The molecule has 0 unspecified atom stereocenters. The van der Waals surface area contributed by atoms with Gasteiger partial charge in [0.1, 0.15) is 0 Å². The molecule has 1 saturated carbocycles. The molecule has 18 heavy (non-hydrogen) atoms. The molecule has 3 nitrogen and oxygen atoms in total. The van der Waals surface area contributed by atoms with Crippen molar-refractivity contribution in [1.82, 2.24) is 4.98 Å². The third kappa shape index (κ3) is 1.90. The van der Waals surface area contributed by atoms with Gasteiger partial charge in [0.15, 0.2) is 0 Å². The van der Waals surface area contributed by atoms with Crippen LogP contribution in [-0.2, 0) is 11.2 Å². The van der Waals surface area contributed by atoms with Crippen LogP contribution in [-0.4, -0.2) is 16.1 Å². The highest BCUT2D eigenvalue weighted by Crippen LogP contribution is 2.47. The van der Waals surface area contributed by atoms with Gasteiger partial charge in [-0.1, -0.05) is 24.6 Å². The van der Waals surface area contributed by atoms with E-state index in [0.717, 1.165) is 31.2 Å². The van der Waals surface area contributed by atoms with Crippen molar-refractivity contribution >= 4 is 16.9 Å². The minimum atomic E-state index is -0.672. The maximum atomic E-state index is 11.0. The molecule has 0 aliphatic heterocycles. The van der Waals surface area contributed by atoms with E-state index in [0.29, 0.717) is 6.42 Å². The maximum Gasteiger partial charge on any atom is 0.303 e. The zero-order valence-corrected chi connectivity index (χ0v) is 10.3. The van der Waals surface area contributed by atoms with Gasteiger partial charge in [-0.05, 0) is 36.3 Å². The SMILES string of the molecule is O=C(O)CC1(Cc2c[nH]c3ccccc23)CCC1. The summed E-state index contributed by atoms with van der Waals surface area (Å²) in [6, 6.07) is 8.21. The number of aliphatic carboxylic acids is 1. The van der Waals surface area contributed by atoms with E-state index < -0.39 is 5.97 Å². The lowest BCUT2D eigenvalue weighted by Crippen LogP contribution is -2.34. The summed E-state index contributed by atoms with van der Waals surface area (Å²) in [6.45, 7) is 0. The maximum absolute atomic E-state index is 11.0. The number of fused-ring (bicyclic) bond motifs is 1. The van der Waals surface area contributed by atoms with Crippen molar-refractivity contribution in [2.45, 2.75) is 32.1 Å². The first kappa shape index (κ1) is 11.3. The number of carboxylic acids is 1. The fraction of sp³-hybridized carbons (Fsp3) is 0.400. The normalized spacial score (nSPS) is 17.6. The number of nitrogens with one attached hydrogen (secondary N) is 1. The molecular weight excluding hydrogens is 226 g/mol. The molecule has 0 amide bonds. The van der Waals surface area contributed by atoms with Crippen LogP contribution in [0.25, 0.3) is 10.9 Å². The molecule has 1 aliphatic carbocycles. The summed E-state index contributed by atoms with van der Waals surface area (Å²) in [6.07, 6.45) is 6.45. The summed E-state index contributed by atoms with van der Waals surface area (Å²) in [5, 5.41) is 10.3. The Hall–Kier alpha value is -1.77. The second-order valence-electron chi connectivity index (χ2n) is 5.46. The minimum Gasteiger partial charge on any atom is -0.481 e. The van der Waals surface area contributed by atoms with Crippen molar-refractivity contribution in [1.29, 1.82) is 0 Å². The molecule has 0 saturated heterocycles. The number of hydrogen-bond donors (Lipinski definition) is 2. The third-order valence-electron chi connectivity index (χ3n) is 4.18. The van der Waals surface area contributed by atoms with Crippen LogP contribution in [0.1, 0.15) is 31.2 Å². The first-order valence-electron chi connectivity index (χ1n) is 6.45. The summed E-state index contributed by atoms with van der Waals surface area (Å²) in [4.78, 5) is 14.3. The van der Waals surface area contributed by atoms with Crippen LogP contribution in [0.3, 0.4) is 0 Å². The predicted molar refractivity (Wildman–Crippen MR) is 70.5 cm³/mol. The van der Waals surface area contributed by atoms with Crippen LogP contribution >= 0.6 is 0 Å². The second kappa shape index (κ2) is 4.16. The lowest BCUT2D eigenvalue weighted by atomic mass is 9.63. The monoisotopic (exact) mass is 243 g/mol. The van der Waals surface area contributed by atoms with Crippen molar-refractivity contribution in [2.24, 2.45) is 5.41 Å². The number of benzene rings is 1. The minimum absolute atomic E-state index is 0.00318. The van der Waals surface area contributed by atoms with Crippen molar-refractivity contribution in [3.05, 3.63) is 36.0 Å². The number of carbonyl (C=O) groups is 1. The molecule has 0 atom stereocenters. The Balaban J connectivity index is 1.89. The van der Waals surface area contributed by atoms with Crippen molar-refractivity contribution in [3.8, 4) is 0 Å². The molecule has 2 N–H and O–H groups in total. The predicted octanol–water partition coefficient (Wildman–Crippen LogP) is 3.36. The van der Waals surface area contributed by atoms with Gasteiger partial charge < -0.3 is 10.1 Å². The fourth-order valence-electron chi connectivity index (χ4n) is 3.10. The van der Waals surface area contributed by atoms with Crippen LogP contribution in [0, 0.1) is 5.41 Å². The summed E-state index contributed by atoms with van der Waals surface area (Å²) < 4.78 is 0. The van der Waals surface area contributed by atoms with Crippen LogP contribution in [0.5, 0.6) is 0 Å². The lowest BCUT2D eigenvalue weighted by molar-refractivity contribution is -0.141. The number of hydrogen-bond acceptors (Lipinski definition) is 1. The van der Waals surface area contributed by atoms with E-state index in [2.05, 4.69) is 17.1 Å². The number of rotatable bonds is 4. The topological polar surface area (TPSA) is 53.1 Å². The third-order valence-corrected chi connectivity index (χ3v) is 4.18. The Morgan fingerprint density at radius 3 is 2.78 bits per heavy atom. The van der Waals surface area contributed by atoms with Gasteiger partial charge in [0, 0.05) is 17.1 Å². The molecule has 1 fully saturated rings. The highest BCUT2D eigenvalue weighted by Gasteiger charge is 2.39. The molecule has 3 heteroatoms. The molecule has 1 aliphatic rings. The number of aromatic nitrogens is 1. The number of carboxylic acid groups (broad SMARTS) is 1. The van der Waals surface area contributed by atoms with Gasteiger partial charge in [-0.3, -0.25) is 4.79 Å². The average molecular weight is 243 g/mol. The Labute approximate surface area is 106 Å². The molecule has 1 heterocycles. The molecule has 0 radical (unpaired) electrons. The Morgan fingerprint density at radius 1 is 1.33 bits per heavy atom. The summed E-state index contributed by atoms with van der Waals surface area (Å²) in [5.41, 5.74) is 2.39. The van der Waals surface area contributed by atoms with Gasteiger partial charge in [0.25, 0.3) is 0 Å². The smallest absolute Gasteiger partial charge is 0.303 e. The highest BCUT2D eigenvalue weighted by molar-refractivity contribution is 5.83. The van der Waals surface area contributed by atoms with Gasteiger partial charge in [0.2, 0.25) is 0 Å². The molecule has 2 aromatic rings. The fourth-order valence-corrected chi connectivity index (χ4v) is 3.10. The summed E-state index contributed by atoms with van der Waals surface area (Å²) in [5.74, 6) is -0.672. The van der Waals surface area contributed by atoms with Crippen LogP contribution in [0.2, 0.25) is 0 Å². The van der Waals surface area contributed by atoms with E-state index in [9.17, 15) is 4.79 Å². The molecule has 0 spiro atoms. The van der Waals surface area contributed by atoms with E-state index in [1.54, 1.807) is 0 Å². The number of aromatic amines is 1. The number of para-hydroxylation sites is 1. The average Bonchev–Trinajstić information content (AvgIpc) is 2.69. The molecule has 1 aromatic heterocycles. The highest BCUT2D eigenvalue weighted by atomic mass is 16.4. The van der Waals surface area contributed by atoms with Gasteiger partial charge in [-0.15, -0.1) is 0 Å². The van der Waals surface area contributed by atoms with Gasteiger partial charge in [-0.25, -0.2) is 0 Å². The first-order valence-corrected chi connectivity index (χ1v) is 6.45. The molecule has 3 rings (SSSR count). The second-order valence-corrected chi connectivity index (χ2v) is 5.46. The van der Waals surface area contributed by atoms with Crippen molar-refractivity contribution in [2.75, 3.05) is 0 Å². The summed E-state index contributed by atoms with van der Waals surface area (Å²) >= 11 is 0. The summed E-state index contributed by atoms with van der Waals surface area (Å²) in [7, 11) is 0. The zero-order chi connectivity index (χ0) is 12.6. The quantitative estimate of drug-likeness (QED) is 0.865. The molecule has 1 aromatic carbocycles. The largest absolute Gasteiger partial charge is 0.481 e. The standard InChI is InChI=1S/C15H17NO2/c17-14(18)9-15(6-3-7-15)8-11-10-16-13-5-2-1-4-12(11)13/h1-2,4-5,10,16H,3,6-9H2,(H,17,18). The molecule has 94 valence electrons. The van der Waals surface area contributed by atoms with E-state index in [4.69, 9.17) is 5.11 Å². The molecular formula is C15H17NO2. The van der Waals surface area contributed by atoms with E-state index in [-0.39, 0.29) is 5.41 Å². The van der Waals surface area contributed by atoms with Crippen molar-refractivity contribution in [3.63, 3.8) is 0 Å². The zero-order valence-electron chi connectivity index (χ0n) is 10.3. The van der Waals surface area contributed by atoms with Crippen LogP contribution in [0.4, 0.5) is 0 Å². The molecule has 0 bridgehead atoms. The Morgan fingerprint density at radius 2 is 2.11 bits per heavy atom. The van der Waals surface area contributed by atoms with Crippen LogP contribution in [0.15, 0.2) is 30.5 Å². The van der Waals surface area contributed by atoms with E-state index in [1.807, 2.05) is 18.3 Å². The Bertz CT molecular complexity index is 581. The van der Waals surface area contributed by atoms with Crippen LogP contribution < -0.4 is 0 Å². The first-order chi connectivity index (χ1) is 8.69. The number of H-pyrrole nitrogens is 1. The lowest BCUT2D eigenvalue weighted by Gasteiger charge is -2.41. The van der Waals surface area contributed by atoms with Gasteiger partial charge in [0.05, 0.1) is 6.42 Å². The van der Waals surface area contributed by atoms with Gasteiger partial charge >= 0.3 is 5.97 Å². The van der Waals surface area contributed by atoms with E-state index in [1.165, 1.54) is 10.9 Å².